The predicted octanol–water partition coefficient (Wildman–Crippen LogP) is 3.46. The minimum Gasteiger partial charge on any atom is -0.449 e. The van der Waals surface area contributed by atoms with Gasteiger partial charge in [-0.25, -0.2) is 22.9 Å². The molecular weight excluding hydrogens is 721 g/mol. The normalized spacial score (nSPS) is 18.1. The van der Waals surface area contributed by atoms with Gasteiger partial charge in [0.25, 0.3) is 17.7 Å². The number of imidazole rings is 1. The first kappa shape index (κ1) is 41.1. The van der Waals surface area contributed by atoms with Crippen LogP contribution < -0.4 is 5.32 Å². The summed E-state index contributed by atoms with van der Waals surface area (Å²) >= 11 is 0. The number of hydrogen-bond donors (Lipinski definition) is 3. The van der Waals surface area contributed by atoms with Crippen LogP contribution in [0.4, 0.5) is 18.0 Å². The fourth-order valence-electron chi connectivity index (χ4n) is 6.90. The van der Waals surface area contributed by atoms with Gasteiger partial charge in [-0.2, -0.15) is 0 Å². The molecular formula is C39H47F3N6O7. The molecule has 5 rings (SSSR count). The minimum atomic E-state index is -1.50. The van der Waals surface area contributed by atoms with Gasteiger partial charge < -0.3 is 34.6 Å². The van der Waals surface area contributed by atoms with E-state index in [4.69, 9.17) is 9.72 Å². The van der Waals surface area contributed by atoms with Gasteiger partial charge in [-0.3, -0.25) is 19.3 Å². The number of nitrogens with one attached hydrogen (secondary N) is 1. The molecule has 4 amide bonds. The van der Waals surface area contributed by atoms with Crippen LogP contribution in [-0.2, 0) is 25.7 Å². The summed E-state index contributed by atoms with van der Waals surface area (Å²) in [5.74, 6) is -3.57. The molecule has 0 aliphatic carbocycles. The van der Waals surface area contributed by atoms with Crippen LogP contribution >= 0.6 is 0 Å². The van der Waals surface area contributed by atoms with Crippen molar-refractivity contribution in [2.45, 2.75) is 52.1 Å². The number of alkyl halides is 1. The van der Waals surface area contributed by atoms with Gasteiger partial charge >= 0.3 is 6.09 Å². The molecule has 2 aliphatic heterocycles. The van der Waals surface area contributed by atoms with Crippen LogP contribution in [0.5, 0.6) is 0 Å². The largest absolute Gasteiger partial charge is 0.449 e. The van der Waals surface area contributed by atoms with E-state index in [1.807, 2.05) is 30.3 Å². The minimum absolute atomic E-state index is 0.0790. The zero-order valence-corrected chi connectivity index (χ0v) is 31.0. The predicted molar refractivity (Wildman–Crippen MR) is 195 cm³/mol. The number of halogens is 3. The van der Waals surface area contributed by atoms with E-state index >= 15 is 8.78 Å². The summed E-state index contributed by atoms with van der Waals surface area (Å²) in [6, 6.07) is 11.2. The molecule has 3 heterocycles. The second-order valence-electron chi connectivity index (χ2n) is 14.5. The lowest BCUT2D eigenvalue weighted by Gasteiger charge is -2.43. The Bertz CT molecular complexity index is 1850. The van der Waals surface area contributed by atoms with Gasteiger partial charge in [0, 0.05) is 75.6 Å². The van der Waals surface area contributed by atoms with Crippen LogP contribution in [0.1, 0.15) is 44.6 Å². The summed E-state index contributed by atoms with van der Waals surface area (Å²) in [6.07, 6.45) is 0.268. The SMILES string of the molecule is CC(O)C(=O)N(CC1CNCC1F)C(c1nc(-c2cc(F)ccc2F)cn1Cc1ccccc1)C(C)(C)CCOC(=O)N(CCO)CCN1C(=O)C=CC1=O. The zero-order chi connectivity index (χ0) is 39.9. The summed E-state index contributed by atoms with van der Waals surface area (Å²) in [7, 11) is 0. The number of amides is 4. The van der Waals surface area contributed by atoms with Crippen molar-refractivity contribution >= 4 is 23.8 Å². The standard InChI is InChI=1S/C39H47F3N6O7/c1-25(50)37(53)48(23-27-20-43-21-31(27)42)35(39(2,3)13-18-55-38(54)45(16-17-49)14-15-47-33(51)11-12-34(47)52)36-44-32(29-19-28(40)9-10-30(29)41)24-46(36)22-26-7-5-4-6-8-26/h4-12,19,24-25,27,31,35,43,49-50H,13-18,20-23H2,1-3H3. The monoisotopic (exact) mass is 768 g/mol. The number of ether oxygens (including phenoxy) is 1. The molecule has 13 nitrogen and oxygen atoms in total. The maximum Gasteiger partial charge on any atom is 0.409 e. The third-order valence-corrected chi connectivity index (χ3v) is 9.93. The number of rotatable bonds is 17. The number of nitrogens with zero attached hydrogens (tertiary/aromatic N) is 5. The van der Waals surface area contributed by atoms with Gasteiger partial charge in [-0.15, -0.1) is 0 Å². The fourth-order valence-corrected chi connectivity index (χ4v) is 6.90. The second kappa shape index (κ2) is 18.0. The average molecular weight is 769 g/mol. The number of carbonyl (C=O) groups is 4. The van der Waals surface area contributed by atoms with E-state index in [9.17, 15) is 33.8 Å². The molecule has 16 heteroatoms. The number of imide groups is 1. The lowest BCUT2D eigenvalue weighted by molar-refractivity contribution is -0.146. The van der Waals surface area contributed by atoms with Crippen molar-refractivity contribution in [3.05, 3.63) is 89.9 Å². The number of aromatic nitrogens is 2. The molecule has 3 aromatic rings. The quantitative estimate of drug-likeness (QED) is 0.175. The van der Waals surface area contributed by atoms with Crippen molar-refractivity contribution < 1.29 is 47.3 Å². The summed E-state index contributed by atoms with van der Waals surface area (Å²) in [6.45, 7) is 4.32. The number of benzene rings is 2. The van der Waals surface area contributed by atoms with Gasteiger partial charge in [0.15, 0.2) is 0 Å². The number of carbonyl (C=O) groups excluding carboxylic acids is 4. The molecule has 296 valence electrons. The first-order chi connectivity index (χ1) is 26.2. The number of aliphatic hydroxyl groups excluding tert-OH is 2. The van der Waals surface area contributed by atoms with Crippen molar-refractivity contribution in [3.63, 3.8) is 0 Å². The molecule has 0 spiro atoms. The maximum atomic E-state index is 15.2. The number of hydrogen-bond acceptors (Lipinski definition) is 9. The summed E-state index contributed by atoms with van der Waals surface area (Å²) < 4.78 is 52.3. The van der Waals surface area contributed by atoms with E-state index in [0.717, 1.165) is 45.7 Å². The van der Waals surface area contributed by atoms with Crippen LogP contribution in [-0.4, -0.2) is 123 Å². The van der Waals surface area contributed by atoms with Crippen molar-refractivity contribution in [2.75, 3.05) is 52.5 Å². The van der Waals surface area contributed by atoms with E-state index in [0.29, 0.717) is 0 Å². The van der Waals surface area contributed by atoms with Gasteiger partial charge in [-0.1, -0.05) is 44.2 Å². The summed E-state index contributed by atoms with van der Waals surface area (Å²) in [5, 5.41) is 23.3. The van der Waals surface area contributed by atoms with Gasteiger partial charge in [0.1, 0.15) is 29.7 Å². The third-order valence-electron chi connectivity index (χ3n) is 9.93. The highest BCUT2D eigenvalue weighted by molar-refractivity contribution is 6.12. The highest BCUT2D eigenvalue weighted by atomic mass is 19.1. The van der Waals surface area contributed by atoms with Crippen LogP contribution in [0.15, 0.2) is 66.9 Å². The van der Waals surface area contributed by atoms with E-state index < -0.39 is 71.7 Å². The van der Waals surface area contributed by atoms with Crippen LogP contribution in [0.3, 0.4) is 0 Å². The van der Waals surface area contributed by atoms with Crippen LogP contribution in [0.2, 0.25) is 0 Å². The molecule has 0 bridgehead atoms. The average Bonchev–Trinajstić information content (AvgIpc) is 3.84. The van der Waals surface area contributed by atoms with Gasteiger partial charge in [0.05, 0.1) is 24.9 Å². The van der Waals surface area contributed by atoms with Crippen molar-refractivity contribution in [2.24, 2.45) is 11.3 Å². The number of aliphatic hydroxyl groups is 2. The maximum absolute atomic E-state index is 15.2. The third kappa shape index (κ3) is 9.98. The van der Waals surface area contributed by atoms with E-state index in [2.05, 4.69) is 5.32 Å². The molecule has 55 heavy (non-hydrogen) atoms. The molecule has 4 unspecified atom stereocenters. The first-order valence-corrected chi connectivity index (χ1v) is 18.2. The smallest absolute Gasteiger partial charge is 0.409 e. The van der Waals surface area contributed by atoms with Crippen molar-refractivity contribution in [1.82, 2.24) is 29.6 Å². The molecule has 1 aromatic heterocycles. The fraction of sp³-hybridized carbons (Fsp3) is 0.462. The highest BCUT2D eigenvalue weighted by Gasteiger charge is 2.44. The first-order valence-electron chi connectivity index (χ1n) is 18.2. The van der Waals surface area contributed by atoms with Gasteiger partial charge in [-0.05, 0) is 42.5 Å². The van der Waals surface area contributed by atoms with Crippen LogP contribution in [0, 0.1) is 23.0 Å². The van der Waals surface area contributed by atoms with Crippen molar-refractivity contribution in [3.8, 4) is 11.3 Å². The molecule has 2 aliphatic rings. The Morgan fingerprint density at radius 2 is 1.78 bits per heavy atom. The molecule has 4 atom stereocenters. The van der Waals surface area contributed by atoms with Crippen molar-refractivity contribution in [1.29, 1.82) is 0 Å². The van der Waals surface area contributed by atoms with Gasteiger partial charge in [0.2, 0.25) is 0 Å². The zero-order valence-electron chi connectivity index (χ0n) is 31.0. The molecule has 0 saturated carbocycles. The Kier molecular flexibility index (Phi) is 13.5. The molecule has 3 N–H and O–H groups in total. The Balaban J connectivity index is 1.51. The molecule has 1 fully saturated rings. The Labute approximate surface area is 317 Å². The Morgan fingerprint density at radius 3 is 2.42 bits per heavy atom. The summed E-state index contributed by atoms with van der Waals surface area (Å²) in [5.41, 5.74) is -0.266. The summed E-state index contributed by atoms with van der Waals surface area (Å²) in [4.78, 5) is 59.7. The Morgan fingerprint density at radius 1 is 1.07 bits per heavy atom. The highest BCUT2D eigenvalue weighted by Crippen LogP contribution is 2.43. The Hall–Kier alpha value is -5.06. The second-order valence-corrected chi connectivity index (χ2v) is 14.5. The van der Waals surface area contributed by atoms with E-state index in [-0.39, 0.29) is 75.9 Å². The molecule has 0 radical (unpaired) electrons. The topological polar surface area (TPSA) is 158 Å². The lowest BCUT2D eigenvalue weighted by atomic mass is 9.79. The van der Waals surface area contributed by atoms with Crippen LogP contribution in [0.25, 0.3) is 11.3 Å². The molecule has 1 saturated heterocycles. The van der Waals surface area contributed by atoms with E-state index in [1.54, 1.807) is 24.6 Å². The lowest BCUT2D eigenvalue weighted by Crippen LogP contribution is -2.50. The molecule has 2 aromatic carbocycles. The van der Waals surface area contributed by atoms with E-state index in [1.165, 1.54) is 11.8 Å².